The molecule has 0 unspecified atom stereocenters. The molecule has 172 valence electrons. The first-order valence-electron chi connectivity index (χ1n) is 10.0. The number of rotatable bonds is 8. The highest BCUT2D eigenvalue weighted by Gasteiger charge is 2.38. The van der Waals surface area contributed by atoms with Crippen LogP contribution >= 0.6 is 0 Å². The van der Waals surface area contributed by atoms with Gasteiger partial charge in [0.15, 0.2) is 0 Å². The molecule has 2 aromatic heterocycles. The van der Waals surface area contributed by atoms with E-state index in [4.69, 9.17) is 10.2 Å². The maximum atomic E-state index is 13.7. The van der Waals surface area contributed by atoms with Crippen molar-refractivity contribution in [1.82, 2.24) is 19.7 Å². The fraction of sp³-hybridized carbons (Fsp3) is 0.500. The van der Waals surface area contributed by atoms with Crippen molar-refractivity contribution in [2.75, 3.05) is 37.7 Å². The lowest BCUT2D eigenvalue weighted by Crippen LogP contribution is -2.46. The molecule has 1 saturated heterocycles. The van der Waals surface area contributed by atoms with Crippen molar-refractivity contribution in [3.05, 3.63) is 29.6 Å². The molecule has 1 fully saturated rings. The Morgan fingerprint density at radius 1 is 1.34 bits per heavy atom. The average molecular weight is 452 g/mol. The van der Waals surface area contributed by atoms with Crippen LogP contribution in [0.15, 0.2) is 18.5 Å². The van der Waals surface area contributed by atoms with E-state index < -0.39 is 23.2 Å². The molecule has 12 heteroatoms. The third-order valence-corrected chi connectivity index (χ3v) is 5.33. The summed E-state index contributed by atoms with van der Waals surface area (Å²) in [4.78, 5) is 19.6. The minimum atomic E-state index is -4.74. The fourth-order valence-electron chi connectivity index (χ4n) is 3.48. The topological polar surface area (TPSA) is 119 Å². The molecule has 1 aliphatic rings. The minimum absolute atomic E-state index is 0.00769. The standard InChI is InChI=1S/C20H23F3N6O3/c1-13-2-3-29(13)19-15(9-24)16(20(21,22)23)8-17(26-19)14-10-25-28(11-14)12-18(32)27(4-6-30)5-7-31/h8,10-11,13,30-31H,2-7,12H2,1H3/t13-/m0/s1. The maximum Gasteiger partial charge on any atom is 0.417 e. The molecule has 0 radical (unpaired) electrons. The molecule has 1 aliphatic heterocycles. The van der Waals surface area contributed by atoms with Gasteiger partial charge in [-0.15, -0.1) is 0 Å². The van der Waals surface area contributed by atoms with E-state index in [1.54, 1.807) is 11.0 Å². The van der Waals surface area contributed by atoms with Crippen LogP contribution in [0.4, 0.5) is 19.0 Å². The first-order chi connectivity index (χ1) is 15.2. The number of carbonyl (C=O) groups excluding carboxylic acids is 1. The Bertz CT molecular complexity index is 1010. The maximum absolute atomic E-state index is 13.7. The third-order valence-electron chi connectivity index (χ3n) is 5.33. The second-order valence-corrected chi connectivity index (χ2v) is 7.45. The van der Waals surface area contributed by atoms with Gasteiger partial charge < -0.3 is 20.0 Å². The van der Waals surface area contributed by atoms with Crippen molar-refractivity contribution in [3.63, 3.8) is 0 Å². The zero-order valence-electron chi connectivity index (χ0n) is 17.4. The van der Waals surface area contributed by atoms with Crippen LogP contribution < -0.4 is 4.90 Å². The smallest absolute Gasteiger partial charge is 0.395 e. The minimum Gasteiger partial charge on any atom is -0.395 e. The van der Waals surface area contributed by atoms with Crippen LogP contribution in [0, 0.1) is 11.3 Å². The van der Waals surface area contributed by atoms with E-state index in [2.05, 4.69) is 10.1 Å². The van der Waals surface area contributed by atoms with Crippen LogP contribution in [-0.2, 0) is 17.5 Å². The number of hydrogen-bond acceptors (Lipinski definition) is 7. The number of nitrogens with zero attached hydrogens (tertiary/aromatic N) is 6. The SMILES string of the molecule is C[C@H]1CCN1c1nc(-c2cnn(CC(=O)N(CCO)CCO)c2)cc(C(F)(F)F)c1C#N. The van der Waals surface area contributed by atoms with Gasteiger partial charge in [0.05, 0.1) is 30.7 Å². The van der Waals surface area contributed by atoms with Gasteiger partial charge in [-0.2, -0.15) is 23.5 Å². The fourth-order valence-corrected chi connectivity index (χ4v) is 3.48. The molecule has 9 nitrogen and oxygen atoms in total. The number of alkyl halides is 3. The zero-order valence-corrected chi connectivity index (χ0v) is 17.4. The van der Waals surface area contributed by atoms with E-state index in [1.165, 1.54) is 22.0 Å². The van der Waals surface area contributed by atoms with Crippen LogP contribution in [0.3, 0.4) is 0 Å². The summed E-state index contributed by atoms with van der Waals surface area (Å²) in [7, 11) is 0. The third kappa shape index (κ3) is 4.84. The van der Waals surface area contributed by atoms with E-state index in [-0.39, 0.29) is 56.0 Å². The van der Waals surface area contributed by atoms with Crippen molar-refractivity contribution < 1.29 is 28.2 Å². The van der Waals surface area contributed by atoms with Crippen molar-refractivity contribution in [1.29, 1.82) is 5.26 Å². The highest BCUT2D eigenvalue weighted by molar-refractivity contribution is 5.76. The Labute approximate surface area is 182 Å². The largest absolute Gasteiger partial charge is 0.417 e. The molecule has 2 aromatic rings. The summed E-state index contributed by atoms with van der Waals surface area (Å²) < 4.78 is 42.3. The number of halogens is 3. The Morgan fingerprint density at radius 2 is 2.03 bits per heavy atom. The van der Waals surface area contributed by atoms with E-state index in [9.17, 15) is 23.2 Å². The lowest BCUT2D eigenvalue weighted by atomic mass is 10.0. The number of anilines is 1. The average Bonchev–Trinajstić information content (AvgIpc) is 3.19. The molecule has 32 heavy (non-hydrogen) atoms. The number of aliphatic hydroxyl groups is 2. The van der Waals surface area contributed by atoms with E-state index in [0.29, 0.717) is 6.54 Å². The number of aliphatic hydroxyl groups excluding tert-OH is 2. The molecule has 0 bridgehead atoms. The molecule has 1 atom stereocenters. The molecular weight excluding hydrogens is 429 g/mol. The summed E-state index contributed by atoms with van der Waals surface area (Å²) in [6.45, 7) is 1.65. The van der Waals surface area contributed by atoms with E-state index in [0.717, 1.165) is 12.5 Å². The molecule has 0 spiro atoms. The quantitative estimate of drug-likeness (QED) is 0.619. The summed E-state index contributed by atoms with van der Waals surface area (Å²) in [6, 6.07) is 2.44. The molecular formula is C20H23F3N6O3. The number of hydrogen-bond donors (Lipinski definition) is 2. The first-order valence-corrected chi connectivity index (χ1v) is 10.0. The normalized spacial score (nSPS) is 15.9. The van der Waals surface area contributed by atoms with Gasteiger partial charge in [0, 0.05) is 37.4 Å². The molecule has 3 rings (SSSR count). The molecule has 0 saturated carbocycles. The van der Waals surface area contributed by atoms with Gasteiger partial charge in [-0.3, -0.25) is 9.48 Å². The van der Waals surface area contributed by atoms with Crippen LogP contribution in [-0.4, -0.2) is 74.7 Å². The van der Waals surface area contributed by atoms with Gasteiger partial charge in [-0.05, 0) is 19.4 Å². The number of amides is 1. The second-order valence-electron chi connectivity index (χ2n) is 7.45. The van der Waals surface area contributed by atoms with E-state index in [1.807, 2.05) is 6.92 Å². The van der Waals surface area contributed by atoms with Crippen LogP contribution in [0.5, 0.6) is 0 Å². The van der Waals surface area contributed by atoms with Crippen molar-refractivity contribution in [2.24, 2.45) is 0 Å². The number of carbonyl (C=O) groups is 1. The van der Waals surface area contributed by atoms with Crippen LogP contribution in [0.25, 0.3) is 11.3 Å². The summed E-state index contributed by atoms with van der Waals surface area (Å²) in [5.41, 5.74) is -1.33. The Balaban J connectivity index is 1.95. The lowest BCUT2D eigenvalue weighted by molar-refractivity contribution is -0.137. The monoisotopic (exact) mass is 452 g/mol. The second kappa shape index (κ2) is 9.54. The number of nitriles is 1. The van der Waals surface area contributed by atoms with E-state index >= 15 is 0 Å². The summed E-state index contributed by atoms with van der Waals surface area (Å²) in [5, 5.41) is 31.6. The summed E-state index contributed by atoms with van der Waals surface area (Å²) in [5.74, 6) is -0.432. The van der Waals surface area contributed by atoms with Crippen molar-refractivity contribution in [2.45, 2.75) is 32.1 Å². The Kier molecular flexibility index (Phi) is 7.00. The molecule has 2 N–H and O–H groups in total. The molecule has 3 heterocycles. The predicted molar refractivity (Wildman–Crippen MR) is 107 cm³/mol. The van der Waals surface area contributed by atoms with Gasteiger partial charge in [0.1, 0.15) is 24.0 Å². The Morgan fingerprint density at radius 3 is 2.53 bits per heavy atom. The van der Waals surface area contributed by atoms with Gasteiger partial charge in [0.2, 0.25) is 5.91 Å². The van der Waals surface area contributed by atoms with Crippen molar-refractivity contribution in [3.8, 4) is 17.3 Å². The van der Waals surface area contributed by atoms with Gasteiger partial charge in [-0.25, -0.2) is 4.98 Å². The summed E-state index contributed by atoms with van der Waals surface area (Å²) in [6.07, 6.45) is -1.26. The van der Waals surface area contributed by atoms with Crippen LogP contribution in [0.1, 0.15) is 24.5 Å². The van der Waals surface area contributed by atoms with Gasteiger partial charge >= 0.3 is 6.18 Å². The number of pyridine rings is 1. The zero-order chi connectivity index (χ0) is 23.5. The summed E-state index contributed by atoms with van der Waals surface area (Å²) >= 11 is 0. The van der Waals surface area contributed by atoms with Gasteiger partial charge in [-0.1, -0.05) is 0 Å². The van der Waals surface area contributed by atoms with Crippen LogP contribution in [0.2, 0.25) is 0 Å². The Hall–Kier alpha value is -3.17. The predicted octanol–water partition coefficient (Wildman–Crippen LogP) is 1.25. The number of aromatic nitrogens is 3. The molecule has 1 amide bonds. The highest BCUT2D eigenvalue weighted by atomic mass is 19.4. The molecule has 0 aliphatic carbocycles. The van der Waals surface area contributed by atoms with Gasteiger partial charge in [0.25, 0.3) is 0 Å². The molecule has 0 aromatic carbocycles. The van der Waals surface area contributed by atoms with Crippen molar-refractivity contribution >= 4 is 11.7 Å². The lowest BCUT2D eigenvalue weighted by Gasteiger charge is -2.40. The first kappa shape index (κ1) is 23.5. The highest BCUT2D eigenvalue weighted by Crippen LogP contribution is 2.39.